The lowest BCUT2D eigenvalue weighted by molar-refractivity contribution is -0.138. The molecule has 0 bridgehead atoms. The maximum absolute atomic E-state index is 13.6. The third-order valence-electron chi connectivity index (χ3n) is 2.57. The molecule has 0 fully saturated rings. The Morgan fingerprint density at radius 1 is 1.15 bits per heavy atom. The zero-order valence-electron chi connectivity index (χ0n) is 11.2. The van der Waals surface area contributed by atoms with Gasteiger partial charge in [0.05, 0.1) is 0 Å². The molecule has 1 N–H and O–H groups in total. The van der Waals surface area contributed by atoms with Crippen LogP contribution in [-0.4, -0.2) is 34.0 Å². The number of aliphatic carboxylic acids is 1. The normalized spacial score (nSPS) is 11.3. The van der Waals surface area contributed by atoms with Crippen LogP contribution in [0.1, 0.15) is 31.1 Å². The summed E-state index contributed by atoms with van der Waals surface area (Å²) in [5.41, 5.74) is -1.94. The molecule has 0 aliphatic carbocycles. The van der Waals surface area contributed by atoms with Gasteiger partial charge >= 0.3 is 5.97 Å². The van der Waals surface area contributed by atoms with Crippen molar-refractivity contribution in [3.63, 3.8) is 0 Å². The van der Waals surface area contributed by atoms with E-state index in [4.69, 9.17) is 5.11 Å². The van der Waals surface area contributed by atoms with Crippen molar-refractivity contribution in [3.05, 3.63) is 35.1 Å². The first-order valence-corrected chi connectivity index (χ1v) is 5.72. The highest BCUT2D eigenvalue weighted by molar-refractivity contribution is 5.96. The van der Waals surface area contributed by atoms with Crippen LogP contribution in [0.15, 0.2) is 12.1 Å². The maximum atomic E-state index is 13.6. The van der Waals surface area contributed by atoms with Crippen molar-refractivity contribution in [2.75, 3.05) is 6.54 Å². The molecule has 20 heavy (non-hydrogen) atoms. The van der Waals surface area contributed by atoms with E-state index < -0.39 is 47.0 Å². The number of carboxylic acid groups (broad SMARTS) is 1. The van der Waals surface area contributed by atoms with Gasteiger partial charge in [-0.25, -0.2) is 13.2 Å². The van der Waals surface area contributed by atoms with E-state index >= 15 is 0 Å². The Morgan fingerprint density at radius 3 is 1.95 bits per heavy atom. The summed E-state index contributed by atoms with van der Waals surface area (Å²) >= 11 is 0. The molecule has 1 amide bonds. The average Bonchev–Trinajstić information content (AvgIpc) is 2.22. The number of carboxylic acids is 1. The molecule has 110 valence electrons. The number of rotatable bonds is 3. The molecule has 0 aromatic heterocycles. The van der Waals surface area contributed by atoms with E-state index in [0.29, 0.717) is 12.1 Å². The summed E-state index contributed by atoms with van der Waals surface area (Å²) in [7, 11) is 0. The van der Waals surface area contributed by atoms with Gasteiger partial charge in [-0.15, -0.1) is 0 Å². The van der Waals surface area contributed by atoms with Gasteiger partial charge in [-0.1, -0.05) is 0 Å². The number of hydrogen-bond acceptors (Lipinski definition) is 2. The topological polar surface area (TPSA) is 57.6 Å². The molecule has 0 heterocycles. The van der Waals surface area contributed by atoms with Gasteiger partial charge in [0.1, 0.15) is 29.6 Å². The first kappa shape index (κ1) is 16.0. The van der Waals surface area contributed by atoms with Crippen LogP contribution < -0.4 is 0 Å². The predicted molar refractivity (Wildman–Crippen MR) is 64.7 cm³/mol. The van der Waals surface area contributed by atoms with Crippen molar-refractivity contribution >= 4 is 11.9 Å². The van der Waals surface area contributed by atoms with Crippen molar-refractivity contribution in [3.8, 4) is 0 Å². The van der Waals surface area contributed by atoms with E-state index in [1.165, 1.54) is 20.8 Å². The Labute approximate surface area is 113 Å². The molecule has 0 aliphatic heterocycles. The fraction of sp³-hybridized carbons (Fsp3) is 0.385. The van der Waals surface area contributed by atoms with Crippen LogP contribution in [0.4, 0.5) is 13.2 Å². The Hall–Kier alpha value is -2.05. The molecule has 0 unspecified atom stereocenters. The second kappa shape index (κ2) is 5.52. The van der Waals surface area contributed by atoms with Crippen LogP contribution in [0.2, 0.25) is 0 Å². The second-order valence-corrected chi connectivity index (χ2v) is 5.20. The average molecular weight is 289 g/mol. The summed E-state index contributed by atoms with van der Waals surface area (Å²) in [5.74, 6) is -6.36. The van der Waals surface area contributed by atoms with Gasteiger partial charge in [0, 0.05) is 17.7 Å². The summed E-state index contributed by atoms with van der Waals surface area (Å²) < 4.78 is 40.0. The Kier molecular flexibility index (Phi) is 4.42. The van der Waals surface area contributed by atoms with Crippen molar-refractivity contribution in [2.24, 2.45) is 0 Å². The lowest BCUT2D eigenvalue weighted by Crippen LogP contribution is -2.48. The van der Waals surface area contributed by atoms with Crippen molar-refractivity contribution in [1.29, 1.82) is 0 Å². The van der Waals surface area contributed by atoms with Gasteiger partial charge in [0.15, 0.2) is 0 Å². The molecule has 7 heteroatoms. The Morgan fingerprint density at radius 2 is 1.60 bits per heavy atom. The number of halogens is 3. The molecule has 0 saturated heterocycles. The lowest BCUT2D eigenvalue weighted by atomic mass is 10.0. The van der Waals surface area contributed by atoms with Crippen LogP contribution >= 0.6 is 0 Å². The van der Waals surface area contributed by atoms with Gasteiger partial charge in [0.25, 0.3) is 5.91 Å². The highest BCUT2D eigenvalue weighted by atomic mass is 19.1. The third kappa shape index (κ3) is 3.49. The molecule has 0 spiro atoms. The first-order chi connectivity index (χ1) is 9.04. The fourth-order valence-corrected chi connectivity index (χ4v) is 1.63. The van der Waals surface area contributed by atoms with Gasteiger partial charge in [-0.3, -0.25) is 9.59 Å². The molecule has 0 aliphatic rings. The van der Waals surface area contributed by atoms with E-state index in [-0.39, 0.29) is 0 Å². The minimum Gasteiger partial charge on any atom is -0.480 e. The van der Waals surface area contributed by atoms with Gasteiger partial charge in [-0.05, 0) is 20.8 Å². The van der Waals surface area contributed by atoms with Crippen LogP contribution in [0.25, 0.3) is 0 Å². The molecule has 0 saturated carbocycles. The SMILES string of the molecule is CC(C)(C)N(CC(=O)O)C(=O)c1c(F)cc(F)cc1F. The van der Waals surface area contributed by atoms with Gasteiger partial charge < -0.3 is 10.0 Å². The summed E-state index contributed by atoms with van der Waals surface area (Å²) in [6.45, 7) is 3.84. The number of carbonyl (C=O) groups is 2. The monoisotopic (exact) mass is 289 g/mol. The number of amides is 1. The molecular weight excluding hydrogens is 275 g/mol. The van der Waals surface area contributed by atoms with E-state index in [2.05, 4.69) is 0 Å². The predicted octanol–water partition coefficient (Wildman–Crippen LogP) is 2.43. The van der Waals surface area contributed by atoms with Crippen LogP contribution in [0.3, 0.4) is 0 Å². The Balaban J connectivity index is 3.30. The van der Waals surface area contributed by atoms with Gasteiger partial charge in [-0.2, -0.15) is 0 Å². The lowest BCUT2D eigenvalue weighted by Gasteiger charge is -2.34. The molecule has 0 atom stereocenters. The summed E-state index contributed by atoms with van der Waals surface area (Å²) in [4.78, 5) is 23.7. The molecule has 1 aromatic rings. The summed E-state index contributed by atoms with van der Waals surface area (Å²) in [5, 5.41) is 8.78. The molecule has 4 nitrogen and oxygen atoms in total. The molecule has 1 rings (SSSR count). The van der Waals surface area contributed by atoms with E-state index in [1.807, 2.05) is 0 Å². The zero-order chi connectivity index (χ0) is 15.7. The van der Waals surface area contributed by atoms with Crippen molar-refractivity contribution in [2.45, 2.75) is 26.3 Å². The smallest absolute Gasteiger partial charge is 0.323 e. The number of nitrogens with zero attached hydrogens (tertiary/aromatic N) is 1. The Bertz CT molecular complexity index is 529. The van der Waals surface area contributed by atoms with Crippen LogP contribution in [0, 0.1) is 17.5 Å². The number of hydrogen-bond donors (Lipinski definition) is 1. The molecule has 0 radical (unpaired) electrons. The van der Waals surface area contributed by atoms with Crippen molar-refractivity contribution in [1.82, 2.24) is 4.90 Å². The molecular formula is C13H14F3NO3. The highest BCUT2D eigenvalue weighted by Gasteiger charge is 2.32. The summed E-state index contributed by atoms with van der Waals surface area (Å²) in [6, 6.07) is 0.746. The van der Waals surface area contributed by atoms with E-state index in [1.54, 1.807) is 0 Å². The fourth-order valence-electron chi connectivity index (χ4n) is 1.63. The third-order valence-corrected chi connectivity index (χ3v) is 2.57. The standard InChI is InChI=1S/C13H14F3NO3/c1-13(2,3)17(6-10(18)19)12(20)11-8(15)4-7(14)5-9(11)16/h4-5H,6H2,1-3H3,(H,18,19). The van der Waals surface area contributed by atoms with E-state index in [0.717, 1.165) is 4.90 Å². The minimum absolute atomic E-state index is 0.373. The van der Waals surface area contributed by atoms with Crippen LogP contribution in [0.5, 0.6) is 0 Å². The van der Waals surface area contributed by atoms with Gasteiger partial charge in [0.2, 0.25) is 0 Å². The number of benzene rings is 1. The maximum Gasteiger partial charge on any atom is 0.323 e. The van der Waals surface area contributed by atoms with E-state index in [9.17, 15) is 22.8 Å². The quantitative estimate of drug-likeness (QED) is 0.929. The van der Waals surface area contributed by atoms with Crippen LogP contribution in [-0.2, 0) is 4.79 Å². The first-order valence-electron chi connectivity index (χ1n) is 5.72. The highest BCUT2D eigenvalue weighted by Crippen LogP contribution is 2.22. The minimum atomic E-state index is -1.37. The number of carbonyl (C=O) groups excluding carboxylic acids is 1. The zero-order valence-corrected chi connectivity index (χ0v) is 11.2. The summed E-state index contributed by atoms with van der Waals surface area (Å²) in [6.07, 6.45) is 0. The molecule has 1 aromatic carbocycles. The second-order valence-electron chi connectivity index (χ2n) is 5.20. The van der Waals surface area contributed by atoms with Crippen molar-refractivity contribution < 1.29 is 27.9 Å². The largest absolute Gasteiger partial charge is 0.480 e.